The number of ether oxygens (including phenoxy) is 3. The first-order chi connectivity index (χ1) is 18.7. The zero-order chi connectivity index (χ0) is 28.4. The van der Waals surface area contributed by atoms with Gasteiger partial charge in [-0.2, -0.15) is 0 Å². The first kappa shape index (κ1) is 30.0. The van der Waals surface area contributed by atoms with Gasteiger partial charge in [-0.25, -0.2) is 4.79 Å². The van der Waals surface area contributed by atoms with Crippen LogP contribution in [0.2, 0.25) is 0 Å². The Kier molecular flexibility index (Phi) is 11.2. The number of urea groups is 1. The summed E-state index contributed by atoms with van der Waals surface area (Å²) in [4.78, 5) is 31.3. The maximum atomic E-state index is 13.7. The Labute approximate surface area is 235 Å². The molecule has 3 rings (SSSR count). The first-order valence-corrected chi connectivity index (χ1v) is 13.8. The van der Waals surface area contributed by atoms with Crippen LogP contribution in [0.1, 0.15) is 27.1 Å². The molecule has 0 unspecified atom stereocenters. The molecule has 0 aliphatic rings. The van der Waals surface area contributed by atoms with Crippen LogP contribution in [-0.4, -0.2) is 69.3 Å². The Bertz CT molecular complexity index is 1260. The second-order valence-electron chi connectivity index (χ2n) is 9.42. The lowest BCUT2D eigenvalue weighted by Crippen LogP contribution is -2.46. The summed E-state index contributed by atoms with van der Waals surface area (Å²) in [5.74, 6) is 1.18. The number of carbonyl (C=O) groups is 2. The minimum Gasteiger partial charge on any atom is -0.493 e. The highest BCUT2D eigenvalue weighted by molar-refractivity contribution is 7.10. The summed E-state index contributed by atoms with van der Waals surface area (Å²) >= 11 is 1.63. The van der Waals surface area contributed by atoms with Crippen molar-refractivity contribution in [2.24, 2.45) is 0 Å². The Morgan fingerprint density at radius 2 is 1.62 bits per heavy atom. The number of hydrogen-bond acceptors (Lipinski definition) is 6. The summed E-state index contributed by atoms with van der Waals surface area (Å²) in [6, 6.07) is 13.3. The lowest BCUT2D eigenvalue weighted by Gasteiger charge is -2.28. The van der Waals surface area contributed by atoms with Gasteiger partial charge in [0.15, 0.2) is 11.5 Å². The third-order valence-corrected chi connectivity index (χ3v) is 7.72. The smallest absolute Gasteiger partial charge is 0.322 e. The second-order valence-corrected chi connectivity index (χ2v) is 10.4. The van der Waals surface area contributed by atoms with Gasteiger partial charge >= 0.3 is 6.03 Å². The van der Waals surface area contributed by atoms with Crippen LogP contribution in [0.15, 0.2) is 47.8 Å². The van der Waals surface area contributed by atoms with Crippen LogP contribution in [0.3, 0.4) is 0 Å². The van der Waals surface area contributed by atoms with Crippen molar-refractivity contribution in [3.8, 4) is 11.5 Å². The van der Waals surface area contributed by atoms with E-state index in [9.17, 15) is 9.59 Å². The lowest BCUT2D eigenvalue weighted by atomic mass is 10.1. The van der Waals surface area contributed by atoms with Gasteiger partial charge in [-0.15, -0.1) is 11.3 Å². The second kappa shape index (κ2) is 14.6. The van der Waals surface area contributed by atoms with Crippen molar-refractivity contribution in [3.63, 3.8) is 0 Å². The number of aryl methyl sites for hydroxylation is 3. The van der Waals surface area contributed by atoms with Gasteiger partial charge in [-0.1, -0.05) is 12.1 Å². The number of nitrogens with zero attached hydrogens (tertiary/aromatic N) is 2. The first-order valence-electron chi connectivity index (χ1n) is 12.9. The molecule has 0 spiro atoms. The highest BCUT2D eigenvalue weighted by Crippen LogP contribution is 2.28. The SMILES string of the molecule is COCCN(CC(=O)N(CCc1ccc(OC)c(OC)c1)Cc1sccc1C)C(=O)Nc1ccc(C)c(C)c1. The molecule has 1 aromatic heterocycles. The van der Waals surface area contributed by atoms with E-state index in [4.69, 9.17) is 14.2 Å². The Morgan fingerprint density at radius 1 is 0.846 bits per heavy atom. The van der Waals surface area contributed by atoms with Crippen LogP contribution in [0, 0.1) is 20.8 Å². The van der Waals surface area contributed by atoms with Gasteiger partial charge in [0.05, 0.1) is 27.4 Å². The number of nitrogens with one attached hydrogen (secondary N) is 1. The zero-order valence-corrected chi connectivity index (χ0v) is 24.5. The minimum atomic E-state index is -0.337. The van der Waals surface area contributed by atoms with E-state index in [1.165, 1.54) is 4.90 Å². The molecule has 39 heavy (non-hydrogen) atoms. The van der Waals surface area contributed by atoms with Gasteiger partial charge in [-0.05, 0) is 85.2 Å². The van der Waals surface area contributed by atoms with E-state index < -0.39 is 0 Å². The van der Waals surface area contributed by atoms with E-state index in [1.807, 2.05) is 67.4 Å². The maximum Gasteiger partial charge on any atom is 0.322 e. The summed E-state index contributed by atoms with van der Waals surface area (Å²) in [6.45, 7) is 7.59. The van der Waals surface area contributed by atoms with E-state index in [1.54, 1.807) is 32.7 Å². The van der Waals surface area contributed by atoms with Crippen LogP contribution in [0.4, 0.5) is 10.5 Å². The normalized spacial score (nSPS) is 10.7. The number of carbonyl (C=O) groups excluding carboxylic acids is 2. The minimum absolute atomic E-state index is 0.0591. The number of rotatable bonds is 13. The molecule has 0 atom stereocenters. The largest absolute Gasteiger partial charge is 0.493 e. The maximum absolute atomic E-state index is 13.7. The van der Waals surface area contributed by atoms with E-state index in [-0.39, 0.29) is 18.5 Å². The molecule has 0 saturated heterocycles. The standard InChI is InChI=1S/C30H39N3O5S/c1-21-7-9-25(17-23(21)3)31-30(35)33(14-15-36-4)20-29(34)32(19-28-22(2)12-16-39-28)13-11-24-8-10-26(37-5)27(18-24)38-6/h7-10,12,16-18H,11,13-15,19-20H2,1-6H3,(H,31,35). The van der Waals surface area contributed by atoms with Crippen molar-refractivity contribution in [3.05, 3.63) is 75.0 Å². The van der Waals surface area contributed by atoms with Gasteiger partial charge in [0.1, 0.15) is 6.54 Å². The third-order valence-electron chi connectivity index (χ3n) is 6.71. The predicted octanol–water partition coefficient (Wildman–Crippen LogP) is 5.44. The van der Waals surface area contributed by atoms with E-state index in [2.05, 4.69) is 11.4 Å². The van der Waals surface area contributed by atoms with Gasteiger partial charge in [0.2, 0.25) is 5.91 Å². The summed E-state index contributed by atoms with van der Waals surface area (Å²) in [5.41, 5.74) is 5.09. The number of thiophene rings is 1. The molecule has 0 radical (unpaired) electrons. The molecule has 210 valence electrons. The van der Waals surface area contributed by atoms with Crippen LogP contribution < -0.4 is 14.8 Å². The zero-order valence-electron chi connectivity index (χ0n) is 23.7. The number of hydrogen-bond donors (Lipinski definition) is 1. The fourth-order valence-electron chi connectivity index (χ4n) is 4.07. The number of methoxy groups -OCH3 is 3. The number of benzene rings is 2. The van der Waals surface area contributed by atoms with Gasteiger partial charge in [0.25, 0.3) is 0 Å². The molecule has 8 nitrogen and oxygen atoms in total. The van der Waals surface area contributed by atoms with Crippen LogP contribution in [-0.2, 0) is 22.5 Å². The third kappa shape index (κ3) is 8.46. The van der Waals surface area contributed by atoms with E-state index >= 15 is 0 Å². The monoisotopic (exact) mass is 553 g/mol. The lowest BCUT2D eigenvalue weighted by molar-refractivity contribution is -0.132. The highest BCUT2D eigenvalue weighted by Gasteiger charge is 2.23. The molecule has 1 N–H and O–H groups in total. The quantitative estimate of drug-likeness (QED) is 0.305. The molecule has 0 fully saturated rings. The Hall–Kier alpha value is -3.56. The van der Waals surface area contributed by atoms with Gasteiger partial charge in [0, 0.05) is 30.8 Å². The van der Waals surface area contributed by atoms with E-state index in [0.717, 1.165) is 27.1 Å². The van der Waals surface area contributed by atoms with Crippen molar-refractivity contribution in [1.29, 1.82) is 0 Å². The molecular weight excluding hydrogens is 514 g/mol. The molecule has 0 aliphatic heterocycles. The van der Waals surface area contributed by atoms with Crippen molar-refractivity contribution < 1.29 is 23.8 Å². The Morgan fingerprint density at radius 3 is 2.26 bits per heavy atom. The molecule has 0 bridgehead atoms. The fourth-order valence-corrected chi connectivity index (χ4v) is 4.99. The molecular formula is C30H39N3O5S. The number of amides is 3. The molecule has 3 aromatic rings. The summed E-state index contributed by atoms with van der Waals surface area (Å²) in [7, 11) is 4.79. The molecule has 1 heterocycles. The van der Waals surface area contributed by atoms with Gasteiger partial charge < -0.3 is 29.3 Å². The topological polar surface area (TPSA) is 80.3 Å². The molecule has 0 saturated carbocycles. The van der Waals surface area contributed by atoms with Crippen molar-refractivity contribution in [2.75, 3.05) is 52.9 Å². The predicted molar refractivity (Wildman–Crippen MR) is 156 cm³/mol. The number of anilines is 1. The summed E-state index contributed by atoms with van der Waals surface area (Å²) in [5, 5.41) is 4.97. The van der Waals surface area contributed by atoms with Crippen molar-refractivity contribution in [2.45, 2.75) is 33.7 Å². The summed E-state index contributed by atoms with van der Waals surface area (Å²) < 4.78 is 16.0. The fraction of sp³-hybridized carbons (Fsp3) is 0.400. The van der Waals surface area contributed by atoms with Gasteiger partial charge in [-0.3, -0.25) is 4.79 Å². The molecule has 0 aliphatic carbocycles. The van der Waals surface area contributed by atoms with Crippen LogP contribution in [0.5, 0.6) is 11.5 Å². The molecule has 9 heteroatoms. The average Bonchev–Trinajstić information content (AvgIpc) is 3.34. The highest BCUT2D eigenvalue weighted by atomic mass is 32.1. The van der Waals surface area contributed by atoms with Crippen LogP contribution in [0.25, 0.3) is 0 Å². The molecule has 3 amide bonds. The van der Waals surface area contributed by atoms with Crippen molar-refractivity contribution >= 4 is 29.0 Å². The molecule has 2 aromatic carbocycles. The summed E-state index contributed by atoms with van der Waals surface area (Å²) in [6.07, 6.45) is 0.628. The Balaban J connectivity index is 1.77. The van der Waals surface area contributed by atoms with E-state index in [0.29, 0.717) is 49.8 Å². The van der Waals surface area contributed by atoms with Crippen LogP contribution >= 0.6 is 11.3 Å². The average molecular weight is 554 g/mol. The van der Waals surface area contributed by atoms with Crippen molar-refractivity contribution in [1.82, 2.24) is 9.80 Å².